The number of anilines is 1. The first kappa shape index (κ1) is 16.7. The first-order valence-electron chi connectivity index (χ1n) is 6.90. The molecule has 0 saturated carbocycles. The molecule has 0 aliphatic heterocycles. The van der Waals surface area contributed by atoms with Crippen LogP contribution in [0.4, 0.5) is 10.8 Å². The Kier molecular flexibility index (Phi) is 5.73. The largest absolute Gasteiger partial charge is 0.360 e. The second-order valence-electron chi connectivity index (χ2n) is 5.25. The molecule has 0 radical (unpaired) electrons. The van der Waals surface area contributed by atoms with Gasteiger partial charge in [-0.05, 0) is 18.4 Å². The van der Waals surface area contributed by atoms with Crippen molar-refractivity contribution in [2.45, 2.75) is 30.9 Å². The summed E-state index contributed by atoms with van der Waals surface area (Å²) < 4.78 is 0.858. The molecule has 0 fully saturated rings. The smallest absolute Gasteiger partial charge is 0.272 e. The molecule has 2 aromatic rings. The van der Waals surface area contributed by atoms with Crippen LogP contribution in [0, 0.1) is 23.0 Å². The van der Waals surface area contributed by atoms with E-state index in [2.05, 4.69) is 29.4 Å². The van der Waals surface area contributed by atoms with Crippen LogP contribution in [0.25, 0.3) is 0 Å². The molecular formula is C14H18N4O2S2. The molecule has 0 aliphatic rings. The molecule has 8 heteroatoms. The number of rotatable bonds is 7. The Balaban J connectivity index is 1.99. The van der Waals surface area contributed by atoms with Crippen molar-refractivity contribution in [1.82, 2.24) is 10.2 Å². The van der Waals surface area contributed by atoms with Crippen LogP contribution in [-0.4, -0.2) is 21.7 Å². The monoisotopic (exact) mass is 338 g/mol. The number of nitro groups is 1. The van der Waals surface area contributed by atoms with E-state index >= 15 is 0 Å². The summed E-state index contributed by atoms with van der Waals surface area (Å²) >= 11 is 3.05. The molecule has 0 aliphatic carbocycles. The van der Waals surface area contributed by atoms with Gasteiger partial charge in [0.25, 0.3) is 5.69 Å². The van der Waals surface area contributed by atoms with Crippen molar-refractivity contribution < 1.29 is 4.92 Å². The van der Waals surface area contributed by atoms with Crippen LogP contribution in [0.15, 0.2) is 22.5 Å². The molecule has 0 amide bonds. The van der Waals surface area contributed by atoms with E-state index in [1.807, 2.05) is 6.07 Å². The Morgan fingerprint density at radius 2 is 2.18 bits per heavy atom. The Hall–Kier alpha value is -1.67. The lowest BCUT2D eigenvalue weighted by Gasteiger charge is -2.04. The minimum atomic E-state index is -0.345. The SMILES string of the molecule is Cc1c(CSc2nnc(NCC(C)C)s2)cccc1[N+](=O)[O-]. The molecule has 0 spiro atoms. The number of nitrogens with zero attached hydrogens (tertiary/aromatic N) is 3. The molecule has 1 aromatic heterocycles. The minimum absolute atomic E-state index is 0.162. The van der Waals surface area contributed by atoms with Crippen molar-refractivity contribution in [1.29, 1.82) is 0 Å². The zero-order chi connectivity index (χ0) is 16.1. The van der Waals surface area contributed by atoms with Gasteiger partial charge in [0.1, 0.15) is 0 Å². The lowest BCUT2D eigenvalue weighted by molar-refractivity contribution is -0.385. The highest BCUT2D eigenvalue weighted by Crippen LogP contribution is 2.31. The van der Waals surface area contributed by atoms with Crippen LogP contribution in [0.5, 0.6) is 0 Å². The standard InChI is InChI=1S/C14H18N4O2S2/c1-9(2)7-15-13-16-17-14(22-13)21-8-11-5-4-6-12(10(11)3)18(19)20/h4-6,9H,7-8H2,1-3H3,(H,15,16). The van der Waals surface area contributed by atoms with E-state index in [4.69, 9.17) is 0 Å². The molecule has 0 bridgehead atoms. The Labute approximate surface area is 137 Å². The van der Waals surface area contributed by atoms with E-state index < -0.39 is 0 Å². The summed E-state index contributed by atoms with van der Waals surface area (Å²) in [6.07, 6.45) is 0. The maximum atomic E-state index is 10.9. The molecule has 118 valence electrons. The third-order valence-corrected chi connectivity index (χ3v) is 5.10. The molecule has 0 saturated heterocycles. The van der Waals surface area contributed by atoms with Crippen molar-refractivity contribution in [3.05, 3.63) is 39.4 Å². The maximum Gasteiger partial charge on any atom is 0.272 e. The van der Waals surface area contributed by atoms with Crippen molar-refractivity contribution in [2.24, 2.45) is 5.92 Å². The van der Waals surface area contributed by atoms with Crippen LogP contribution in [0.3, 0.4) is 0 Å². The van der Waals surface area contributed by atoms with Crippen LogP contribution >= 0.6 is 23.1 Å². The van der Waals surface area contributed by atoms with Crippen LogP contribution in [-0.2, 0) is 5.75 Å². The van der Waals surface area contributed by atoms with Crippen LogP contribution in [0.2, 0.25) is 0 Å². The van der Waals surface area contributed by atoms with E-state index in [-0.39, 0.29) is 10.6 Å². The highest BCUT2D eigenvalue weighted by atomic mass is 32.2. The van der Waals surface area contributed by atoms with Crippen molar-refractivity contribution in [2.75, 3.05) is 11.9 Å². The van der Waals surface area contributed by atoms with E-state index in [0.29, 0.717) is 17.2 Å². The minimum Gasteiger partial charge on any atom is -0.360 e. The van der Waals surface area contributed by atoms with Gasteiger partial charge in [-0.2, -0.15) is 0 Å². The number of aromatic nitrogens is 2. The predicted molar refractivity (Wildman–Crippen MR) is 90.6 cm³/mol. The van der Waals surface area contributed by atoms with Gasteiger partial charge in [0.05, 0.1) is 4.92 Å². The van der Waals surface area contributed by atoms with Gasteiger partial charge < -0.3 is 5.32 Å². The van der Waals surface area contributed by atoms with Gasteiger partial charge in [-0.1, -0.05) is 49.1 Å². The fraction of sp³-hybridized carbons (Fsp3) is 0.429. The summed E-state index contributed by atoms with van der Waals surface area (Å²) in [7, 11) is 0. The average molecular weight is 338 g/mol. The molecule has 0 unspecified atom stereocenters. The maximum absolute atomic E-state index is 10.9. The molecule has 1 aromatic carbocycles. The fourth-order valence-corrected chi connectivity index (χ4v) is 3.62. The van der Waals surface area contributed by atoms with Gasteiger partial charge in [-0.3, -0.25) is 10.1 Å². The summed E-state index contributed by atoms with van der Waals surface area (Å²) in [6, 6.07) is 5.16. The number of benzene rings is 1. The van der Waals surface area contributed by atoms with E-state index in [1.165, 1.54) is 17.4 Å². The highest BCUT2D eigenvalue weighted by Gasteiger charge is 2.14. The van der Waals surface area contributed by atoms with E-state index in [9.17, 15) is 10.1 Å². The number of thioether (sulfide) groups is 1. The first-order valence-corrected chi connectivity index (χ1v) is 8.70. The number of hydrogen-bond donors (Lipinski definition) is 1. The molecular weight excluding hydrogens is 320 g/mol. The normalized spacial score (nSPS) is 10.9. The van der Waals surface area contributed by atoms with E-state index in [0.717, 1.165) is 21.6 Å². The van der Waals surface area contributed by atoms with Crippen molar-refractivity contribution in [3.63, 3.8) is 0 Å². The second-order valence-corrected chi connectivity index (χ2v) is 7.45. The molecule has 22 heavy (non-hydrogen) atoms. The summed E-state index contributed by atoms with van der Waals surface area (Å²) in [5.41, 5.74) is 1.82. The zero-order valence-corrected chi connectivity index (χ0v) is 14.3. The number of hydrogen-bond acceptors (Lipinski definition) is 7. The third-order valence-electron chi connectivity index (χ3n) is 3.03. The molecule has 2 rings (SSSR count). The van der Waals surface area contributed by atoms with Gasteiger partial charge in [0, 0.05) is 23.9 Å². The zero-order valence-electron chi connectivity index (χ0n) is 12.7. The Morgan fingerprint density at radius 3 is 2.86 bits per heavy atom. The molecule has 6 nitrogen and oxygen atoms in total. The van der Waals surface area contributed by atoms with Gasteiger partial charge in [-0.15, -0.1) is 10.2 Å². The van der Waals surface area contributed by atoms with Crippen molar-refractivity contribution >= 4 is 33.9 Å². The molecule has 0 atom stereocenters. The molecule has 1 N–H and O–H groups in total. The van der Waals surface area contributed by atoms with Crippen LogP contribution < -0.4 is 5.32 Å². The topological polar surface area (TPSA) is 81.0 Å². The molecule has 1 heterocycles. The Morgan fingerprint density at radius 1 is 1.41 bits per heavy atom. The number of nitrogens with one attached hydrogen (secondary N) is 1. The summed E-state index contributed by atoms with van der Waals surface area (Å²) in [5, 5.41) is 23.2. The average Bonchev–Trinajstić information content (AvgIpc) is 2.91. The lowest BCUT2D eigenvalue weighted by atomic mass is 10.1. The summed E-state index contributed by atoms with van der Waals surface area (Å²) in [6.45, 7) is 6.91. The van der Waals surface area contributed by atoms with E-state index in [1.54, 1.807) is 24.8 Å². The quantitative estimate of drug-likeness (QED) is 0.465. The predicted octanol–water partition coefficient (Wildman–Crippen LogP) is 4.11. The Bertz CT molecular complexity index is 658. The van der Waals surface area contributed by atoms with Crippen LogP contribution in [0.1, 0.15) is 25.0 Å². The second kappa shape index (κ2) is 7.55. The first-order chi connectivity index (χ1) is 10.5. The third kappa shape index (κ3) is 4.41. The van der Waals surface area contributed by atoms with Gasteiger partial charge >= 0.3 is 0 Å². The van der Waals surface area contributed by atoms with Gasteiger partial charge in [0.2, 0.25) is 5.13 Å². The fourth-order valence-electron chi connectivity index (χ4n) is 1.79. The van der Waals surface area contributed by atoms with Gasteiger partial charge in [0.15, 0.2) is 4.34 Å². The number of nitro benzene ring substituents is 1. The highest BCUT2D eigenvalue weighted by molar-refractivity contribution is 8.00. The summed E-state index contributed by atoms with van der Waals surface area (Å²) in [4.78, 5) is 10.6. The van der Waals surface area contributed by atoms with Crippen molar-refractivity contribution in [3.8, 4) is 0 Å². The summed E-state index contributed by atoms with van der Waals surface area (Å²) in [5.74, 6) is 1.19. The lowest BCUT2D eigenvalue weighted by Crippen LogP contribution is -2.07. The van der Waals surface area contributed by atoms with Gasteiger partial charge in [-0.25, -0.2) is 0 Å².